The number of hydrogen-bond donors (Lipinski definition) is 0. The molecule has 17 heavy (non-hydrogen) atoms. The number of methoxy groups -OCH3 is 1. The van der Waals surface area contributed by atoms with Crippen molar-refractivity contribution < 1.29 is 9.26 Å². The second-order valence-electron chi connectivity index (χ2n) is 5.26. The normalized spacial score (nSPS) is 15.3. The van der Waals surface area contributed by atoms with Crippen LogP contribution in [0.5, 0.6) is 0 Å². The minimum atomic E-state index is -0.211. The van der Waals surface area contributed by atoms with E-state index in [1.807, 2.05) is 6.92 Å². The molecule has 0 bridgehead atoms. The molecule has 0 spiro atoms. The Bertz CT molecular complexity index is 401. The maximum atomic E-state index is 8.72. The fourth-order valence-electron chi connectivity index (χ4n) is 1.61. The summed E-state index contributed by atoms with van der Waals surface area (Å²) in [5.41, 5.74) is -0.100. The van der Waals surface area contributed by atoms with E-state index >= 15 is 0 Å². The Morgan fingerprint density at radius 3 is 2.59 bits per heavy atom. The lowest BCUT2D eigenvalue weighted by molar-refractivity contribution is 0.00718. The van der Waals surface area contributed by atoms with Gasteiger partial charge in [-0.05, 0) is 12.3 Å². The van der Waals surface area contributed by atoms with Gasteiger partial charge < -0.3 is 9.26 Å². The van der Waals surface area contributed by atoms with Gasteiger partial charge in [0.25, 0.3) is 0 Å². The van der Waals surface area contributed by atoms with Crippen molar-refractivity contribution in [1.29, 1.82) is 5.26 Å². The highest BCUT2D eigenvalue weighted by Gasteiger charge is 2.30. The van der Waals surface area contributed by atoms with Crippen LogP contribution in [-0.4, -0.2) is 17.3 Å². The van der Waals surface area contributed by atoms with Crippen molar-refractivity contribution in [3.63, 3.8) is 0 Å². The van der Waals surface area contributed by atoms with Crippen molar-refractivity contribution >= 4 is 0 Å². The quantitative estimate of drug-likeness (QED) is 0.804. The standard InChI is InChI=1S/C12H19N3O2/c1-8(7-13)6-9-14-11(15-17-9)10(16-5)12(2,3)4/h8,10H,6H2,1-5H3. The van der Waals surface area contributed by atoms with Crippen LogP contribution < -0.4 is 0 Å². The average Bonchev–Trinajstić information content (AvgIpc) is 2.65. The van der Waals surface area contributed by atoms with Crippen LogP contribution >= 0.6 is 0 Å². The van der Waals surface area contributed by atoms with Gasteiger partial charge in [-0.1, -0.05) is 25.9 Å². The summed E-state index contributed by atoms with van der Waals surface area (Å²) in [6.07, 6.45) is 0.266. The van der Waals surface area contributed by atoms with Crippen molar-refractivity contribution in [1.82, 2.24) is 10.1 Å². The first-order valence-corrected chi connectivity index (χ1v) is 5.63. The number of ether oxygens (including phenoxy) is 1. The number of aromatic nitrogens is 2. The Morgan fingerprint density at radius 2 is 2.12 bits per heavy atom. The summed E-state index contributed by atoms with van der Waals surface area (Å²) in [5, 5.41) is 12.6. The highest BCUT2D eigenvalue weighted by atomic mass is 16.5. The largest absolute Gasteiger partial charge is 0.373 e. The Morgan fingerprint density at radius 1 is 1.47 bits per heavy atom. The van der Waals surface area contributed by atoms with Gasteiger partial charge in [-0.3, -0.25) is 0 Å². The molecule has 0 saturated carbocycles. The van der Waals surface area contributed by atoms with Crippen molar-refractivity contribution in [3.05, 3.63) is 11.7 Å². The molecule has 0 aromatic carbocycles. The smallest absolute Gasteiger partial charge is 0.228 e. The van der Waals surface area contributed by atoms with Gasteiger partial charge in [-0.25, -0.2) is 0 Å². The molecule has 1 aromatic rings. The van der Waals surface area contributed by atoms with Gasteiger partial charge in [-0.15, -0.1) is 0 Å². The molecule has 0 amide bonds. The molecule has 94 valence electrons. The molecule has 2 unspecified atom stereocenters. The molecular formula is C12H19N3O2. The van der Waals surface area contributed by atoms with Gasteiger partial charge in [0, 0.05) is 13.5 Å². The van der Waals surface area contributed by atoms with Gasteiger partial charge in [0.1, 0.15) is 6.10 Å². The number of rotatable bonds is 4. The van der Waals surface area contributed by atoms with Crippen LogP contribution in [0.3, 0.4) is 0 Å². The van der Waals surface area contributed by atoms with Crippen LogP contribution in [-0.2, 0) is 11.2 Å². The molecule has 1 heterocycles. The number of nitrogens with zero attached hydrogens (tertiary/aromatic N) is 3. The Hall–Kier alpha value is -1.41. The van der Waals surface area contributed by atoms with Crippen LogP contribution in [0.4, 0.5) is 0 Å². The molecule has 1 rings (SSSR count). The molecule has 1 aromatic heterocycles. The molecule has 5 heteroatoms. The Balaban J connectivity index is 2.83. The summed E-state index contributed by atoms with van der Waals surface area (Å²) in [4.78, 5) is 4.28. The molecule has 0 aliphatic heterocycles. The van der Waals surface area contributed by atoms with E-state index in [-0.39, 0.29) is 17.4 Å². The van der Waals surface area contributed by atoms with Crippen LogP contribution in [0.25, 0.3) is 0 Å². The molecule has 0 radical (unpaired) electrons. The summed E-state index contributed by atoms with van der Waals surface area (Å²) in [6, 6.07) is 2.14. The summed E-state index contributed by atoms with van der Waals surface area (Å²) in [7, 11) is 1.63. The number of hydrogen-bond acceptors (Lipinski definition) is 5. The Labute approximate surface area is 102 Å². The minimum absolute atomic E-state index is 0.100. The van der Waals surface area contributed by atoms with E-state index in [1.54, 1.807) is 7.11 Å². The Kier molecular flexibility index (Phi) is 4.24. The second kappa shape index (κ2) is 5.28. The minimum Gasteiger partial charge on any atom is -0.373 e. The van der Waals surface area contributed by atoms with Crippen LogP contribution in [0.2, 0.25) is 0 Å². The molecule has 0 fully saturated rings. The lowest BCUT2D eigenvalue weighted by Gasteiger charge is -2.26. The van der Waals surface area contributed by atoms with Gasteiger partial charge in [-0.2, -0.15) is 10.2 Å². The molecule has 0 aliphatic carbocycles. The van der Waals surface area contributed by atoms with Crippen molar-refractivity contribution in [2.45, 2.75) is 40.2 Å². The van der Waals surface area contributed by atoms with Crippen molar-refractivity contribution in [3.8, 4) is 6.07 Å². The zero-order valence-corrected chi connectivity index (χ0v) is 11.0. The highest BCUT2D eigenvalue weighted by molar-refractivity contribution is 4.98. The fourth-order valence-corrected chi connectivity index (χ4v) is 1.61. The van der Waals surface area contributed by atoms with Crippen LogP contribution in [0, 0.1) is 22.7 Å². The lowest BCUT2D eigenvalue weighted by atomic mass is 9.88. The lowest BCUT2D eigenvalue weighted by Crippen LogP contribution is -2.21. The second-order valence-corrected chi connectivity index (χ2v) is 5.26. The third-order valence-electron chi connectivity index (χ3n) is 2.44. The molecule has 0 N–H and O–H groups in total. The molecule has 0 aliphatic rings. The van der Waals surface area contributed by atoms with Crippen molar-refractivity contribution in [2.75, 3.05) is 7.11 Å². The maximum absolute atomic E-state index is 8.72. The third kappa shape index (κ3) is 3.53. The van der Waals surface area contributed by atoms with Gasteiger partial charge >= 0.3 is 0 Å². The summed E-state index contributed by atoms with van der Waals surface area (Å²) < 4.78 is 10.5. The first kappa shape index (κ1) is 13.7. The predicted molar refractivity (Wildman–Crippen MR) is 62.0 cm³/mol. The maximum Gasteiger partial charge on any atom is 0.228 e. The zero-order valence-electron chi connectivity index (χ0n) is 11.0. The predicted octanol–water partition coefficient (Wildman–Crippen LogP) is 2.51. The summed E-state index contributed by atoms with van der Waals surface area (Å²) >= 11 is 0. The fraction of sp³-hybridized carbons (Fsp3) is 0.750. The summed E-state index contributed by atoms with van der Waals surface area (Å²) in [6.45, 7) is 7.97. The number of nitriles is 1. The van der Waals surface area contributed by atoms with E-state index in [0.29, 0.717) is 18.1 Å². The monoisotopic (exact) mass is 237 g/mol. The van der Waals surface area contributed by atoms with E-state index in [9.17, 15) is 0 Å². The van der Waals surface area contributed by atoms with E-state index in [2.05, 4.69) is 37.0 Å². The first-order valence-electron chi connectivity index (χ1n) is 5.63. The van der Waals surface area contributed by atoms with Crippen LogP contribution in [0.1, 0.15) is 45.5 Å². The summed E-state index contributed by atoms with van der Waals surface area (Å²) in [5.74, 6) is 0.902. The molecule has 2 atom stereocenters. The van der Waals surface area contributed by atoms with Crippen LogP contribution in [0.15, 0.2) is 4.52 Å². The zero-order chi connectivity index (χ0) is 13.1. The van der Waals surface area contributed by atoms with E-state index in [0.717, 1.165) is 0 Å². The topological polar surface area (TPSA) is 71.9 Å². The highest BCUT2D eigenvalue weighted by Crippen LogP contribution is 2.33. The molecular weight excluding hydrogens is 218 g/mol. The molecule has 0 saturated heterocycles. The third-order valence-corrected chi connectivity index (χ3v) is 2.44. The van der Waals surface area contributed by atoms with E-state index in [1.165, 1.54) is 0 Å². The van der Waals surface area contributed by atoms with Gasteiger partial charge in [0.15, 0.2) is 0 Å². The van der Waals surface area contributed by atoms with Gasteiger partial charge in [0.05, 0.1) is 12.0 Å². The first-order chi connectivity index (χ1) is 7.88. The van der Waals surface area contributed by atoms with Crippen molar-refractivity contribution in [2.24, 2.45) is 11.3 Å². The SMILES string of the molecule is COC(c1noc(CC(C)C#N)n1)C(C)(C)C. The average molecular weight is 237 g/mol. The van der Waals surface area contributed by atoms with E-state index in [4.69, 9.17) is 14.5 Å². The van der Waals surface area contributed by atoms with E-state index < -0.39 is 0 Å². The molecule has 5 nitrogen and oxygen atoms in total. The van der Waals surface area contributed by atoms with Gasteiger partial charge in [0.2, 0.25) is 11.7 Å².